The van der Waals surface area contributed by atoms with E-state index in [1.807, 2.05) is 0 Å². The van der Waals surface area contributed by atoms with Gasteiger partial charge in [0.2, 0.25) is 5.79 Å². The van der Waals surface area contributed by atoms with E-state index in [1.165, 1.54) is 23.1 Å². The topological polar surface area (TPSA) is 47.9 Å². The van der Waals surface area contributed by atoms with Crippen molar-refractivity contribution in [2.24, 2.45) is 0 Å². The number of hydrogen-bond donors (Lipinski definition) is 1. The number of benzene rings is 1. The number of hydrogen-bond acceptors (Lipinski definition) is 4. The second kappa shape index (κ2) is 5.15. The molecule has 1 aromatic rings. The van der Waals surface area contributed by atoms with Gasteiger partial charge in [-0.1, -0.05) is 0 Å². The van der Waals surface area contributed by atoms with Crippen LogP contribution in [-0.2, 0) is 16.6 Å². The highest BCUT2D eigenvalue weighted by molar-refractivity contribution is 5.62. The largest absolute Gasteiger partial charge is 0.493 e. The molecule has 2 heterocycles. The summed E-state index contributed by atoms with van der Waals surface area (Å²) >= 11 is 0. The molecule has 5 nitrogen and oxygen atoms in total. The Hall–Kier alpha value is -1.30. The van der Waals surface area contributed by atoms with Gasteiger partial charge in [0.25, 0.3) is 0 Å². The zero-order chi connectivity index (χ0) is 18.3. The van der Waals surface area contributed by atoms with Crippen molar-refractivity contribution in [1.29, 1.82) is 0 Å². The van der Waals surface area contributed by atoms with Crippen LogP contribution in [0.3, 0.4) is 0 Å². The van der Waals surface area contributed by atoms with E-state index < -0.39 is 11.9 Å². The summed E-state index contributed by atoms with van der Waals surface area (Å²) in [5.41, 5.74) is 4.34. The Bertz CT molecular complexity index is 776. The Balaban J connectivity index is 1.81. The normalized spacial score (nSPS) is 39.0. The first kappa shape index (κ1) is 16.8. The molecule has 1 saturated carbocycles. The molecule has 0 amide bonds. The van der Waals surface area contributed by atoms with Crippen molar-refractivity contribution >= 4 is 0 Å². The quantitative estimate of drug-likeness (QED) is 0.824. The summed E-state index contributed by atoms with van der Waals surface area (Å²) in [5.74, 6) is 0.675. The molecule has 4 aliphatic rings. The smallest absolute Gasteiger partial charge is 0.237 e. The summed E-state index contributed by atoms with van der Waals surface area (Å²) in [6, 6.07) is 2.70. The van der Waals surface area contributed by atoms with Gasteiger partial charge in [0, 0.05) is 42.9 Å². The van der Waals surface area contributed by atoms with Gasteiger partial charge in [-0.15, -0.1) is 0 Å². The van der Waals surface area contributed by atoms with E-state index in [0.717, 1.165) is 54.6 Å². The molecule has 2 bridgehead atoms. The number of nitrogens with zero attached hydrogens (tertiary/aromatic N) is 1. The van der Waals surface area contributed by atoms with E-state index in [9.17, 15) is 5.11 Å². The summed E-state index contributed by atoms with van der Waals surface area (Å²) in [7, 11) is 8.08. The van der Waals surface area contributed by atoms with Crippen molar-refractivity contribution in [3.63, 3.8) is 0 Å². The summed E-state index contributed by atoms with van der Waals surface area (Å²) in [6.45, 7) is 1.16. The first-order valence-electron chi connectivity index (χ1n) is 9.85. The molecular weight excluding hydrogens is 330 g/mol. The monoisotopic (exact) mass is 360 g/mol. The Morgan fingerprint density at radius 1 is 1.23 bits per heavy atom. The van der Waals surface area contributed by atoms with Crippen molar-refractivity contribution in [2.45, 2.75) is 61.9 Å². The Kier molecular flexibility index (Phi) is 3.34. The number of aliphatic hydroxyl groups excluding tert-OH is 1. The van der Waals surface area contributed by atoms with E-state index in [2.05, 4.69) is 20.2 Å². The number of quaternary nitrogens is 1. The van der Waals surface area contributed by atoms with Gasteiger partial charge in [-0.05, 0) is 30.9 Å². The lowest BCUT2D eigenvalue weighted by Gasteiger charge is -2.58. The molecule has 2 aliphatic carbocycles. The molecule has 1 aromatic carbocycles. The predicted octanol–water partition coefficient (Wildman–Crippen LogP) is 2.68. The van der Waals surface area contributed by atoms with E-state index >= 15 is 0 Å². The maximum absolute atomic E-state index is 10.7. The minimum atomic E-state index is -0.946. The fourth-order valence-electron chi connectivity index (χ4n) is 6.28. The van der Waals surface area contributed by atoms with E-state index in [4.69, 9.17) is 14.2 Å². The molecule has 0 unspecified atom stereocenters. The van der Waals surface area contributed by atoms with Crippen molar-refractivity contribution in [2.75, 3.05) is 34.9 Å². The number of fused-ring (bicyclic) bond motifs is 1. The highest BCUT2D eigenvalue weighted by Gasteiger charge is 2.61. The summed E-state index contributed by atoms with van der Waals surface area (Å²) in [5, 5.41) is 10.7. The zero-order valence-electron chi connectivity index (χ0n) is 16.3. The van der Waals surface area contributed by atoms with Crippen LogP contribution >= 0.6 is 0 Å². The first-order valence-corrected chi connectivity index (χ1v) is 9.85. The Morgan fingerprint density at radius 3 is 2.73 bits per heavy atom. The van der Waals surface area contributed by atoms with E-state index in [1.54, 1.807) is 14.2 Å². The summed E-state index contributed by atoms with van der Waals surface area (Å²) in [4.78, 5) is 0. The summed E-state index contributed by atoms with van der Waals surface area (Å²) in [6.07, 6.45) is 5.26. The van der Waals surface area contributed by atoms with Crippen LogP contribution < -0.4 is 9.47 Å². The van der Waals surface area contributed by atoms with Crippen LogP contribution in [0.5, 0.6) is 11.5 Å². The minimum absolute atomic E-state index is 0.0370. The van der Waals surface area contributed by atoms with E-state index in [0.29, 0.717) is 6.04 Å². The van der Waals surface area contributed by atoms with Crippen LogP contribution in [0.2, 0.25) is 0 Å². The number of likely N-dealkylation sites (N-methyl/N-ethyl adjacent to an activating group) is 1. The molecule has 0 saturated heterocycles. The Morgan fingerprint density at radius 2 is 2.00 bits per heavy atom. The van der Waals surface area contributed by atoms with Crippen molar-refractivity contribution in [1.82, 2.24) is 0 Å². The van der Waals surface area contributed by atoms with Gasteiger partial charge in [-0.2, -0.15) is 0 Å². The lowest BCUT2D eigenvalue weighted by atomic mass is 9.56. The van der Waals surface area contributed by atoms with Gasteiger partial charge < -0.3 is 23.8 Å². The SMILES string of the molecule is COc1cc2c3c4c1O[C@]1(OC)C[C@@]4(CC[C@@H]1O)CC[C@@H]3[N+](C)(C)CC2. The lowest BCUT2D eigenvalue weighted by molar-refractivity contribution is -0.924. The molecule has 1 N–H and O–H groups in total. The molecule has 1 fully saturated rings. The van der Waals surface area contributed by atoms with Gasteiger partial charge in [-0.25, -0.2) is 0 Å². The van der Waals surface area contributed by atoms with Gasteiger partial charge in [0.1, 0.15) is 12.1 Å². The predicted molar refractivity (Wildman–Crippen MR) is 97.6 cm³/mol. The van der Waals surface area contributed by atoms with Crippen molar-refractivity contribution in [3.8, 4) is 11.5 Å². The maximum Gasteiger partial charge on any atom is 0.237 e. The average molecular weight is 360 g/mol. The minimum Gasteiger partial charge on any atom is -0.493 e. The lowest BCUT2D eigenvalue weighted by Crippen LogP contribution is -2.62. The third kappa shape index (κ3) is 1.92. The highest BCUT2D eigenvalue weighted by Crippen LogP contribution is 2.64. The third-order valence-electron chi connectivity index (χ3n) is 7.76. The molecule has 26 heavy (non-hydrogen) atoms. The molecule has 2 aliphatic heterocycles. The number of methoxy groups -OCH3 is 2. The molecular formula is C21H30NO4+. The van der Waals surface area contributed by atoms with Gasteiger partial charge >= 0.3 is 0 Å². The molecule has 0 radical (unpaired) electrons. The van der Waals surface area contributed by atoms with Crippen LogP contribution in [0.25, 0.3) is 0 Å². The average Bonchev–Trinajstić information content (AvgIpc) is 2.63. The fraction of sp³-hybridized carbons (Fsp3) is 0.714. The maximum atomic E-state index is 10.7. The highest BCUT2D eigenvalue weighted by atomic mass is 16.7. The number of aliphatic hydroxyl groups is 1. The third-order valence-corrected chi connectivity index (χ3v) is 7.76. The zero-order valence-corrected chi connectivity index (χ0v) is 16.3. The van der Waals surface area contributed by atoms with Crippen molar-refractivity contribution in [3.05, 3.63) is 22.8 Å². The standard InChI is InChI=1S/C21H30NO4/c1-22(2)10-7-13-11-15(24-3)19-18-17(13)14(22)5-8-20(18)9-6-16(23)21(12-20,25-4)26-19/h11,14,16,23H,5-10,12H2,1-4H3/q+1/t14-,16-,20-,21+/m0/s1. The number of rotatable bonds is 2. The molecule has 5 heteroatoms. The molecule has 4 atom stereocenters. The van der Waals surface area contributed by atoms with Gasteiger partial charge in [0.15, 0.2) is 11.5 Å². The van der Waals surface area contributed by atoms with Crippen LogP contribution in [0.1, 0.15) is 54.8 Å². The van der Waals surface area contributed by atoms with Crippen LogP contribution in [0.15, 0.2) is 6.07 Å². The van der Waals surface area contributed by atoms with Crippen molar-refractivity contribution < 1.29 is 23.8 Å². The van der Waals surface area contributed by atoms with Gasteiger partial charge in [-0.3, -0.25) is 0 Å². The fourth-order valence-corrected chi connectivity index (χ4v) is 6.28. The van der Waals surface area contributed by atoms with Crippen LogP contribution in [-0.4, -0.2) is 56.3 Å². The molecule has 0 aromatic heterocycles. The second-order valence-electron chi connectivity index (χ2n) is 9.29. The molecule has 142 valence electrons. The second-order valence-corrected chi connectivity index (χ2v) is 9.29. The molecule has 1 spiro atoms. The first-order chi connectivity index (χ1) is 12.4. The van der Waals surface area contributed by atoms with E-state index in [-0.39, 0.29) is 5.41 Å². The van der Waals surface area contributed by atoms with Crippen LogP contribution in [0.4, 0.5) is 0 Å². The summed E-state index contributed by atoms with van der Waals surface area (Å²) < 4.78 is 19.1. The van der Waals surface area contributed by atoms with Gasteiger partial charge in [0.05, 0.1) is 27.7 Å². The molecule has 5 rings (SSSR count). The number of ether oxygens (including phenoxy) is 3. The van der Waals surface area contributed by atoms with Crippen LogP contribution in [0, 0.1) is 0 Å². The Labute approximate surface area is 155 Å².